The minimum atomic E-state index is -0.734. The number of nitrogens with one attached hydrogen (secondary N) is 1. The van der Waals surface area contributed by atoms with Gasteiger partial charge in [-0.25, -0.2) is 13.8 Å². The summed E-state index contributed by atoms with van der Waals surface area (Å²) < 4.78 is 35.2. The van der Waals surface area contributed by atoms with Crippen LogP contribution in [0.2, 0.25) is 0 Å². The van der Waals surface area contributed by atoms with E-state index in [-0.39, 0.29) is 12.4 Å². The highest BCUT2D eigenvalue weighted by molar-refractivity contribution is 5.69. The van der Waals surface area contributed by atoms with Crippen molar-refractivity contribution in [2.75, 3.05) is 31.1 Å². The first-order chi connectivity index (χ1) is 17.1. The fourth-order valence-corrected chi connectivity index (χ4v) is 5.03. The van der Waals surface area contributed by atoms with E-state index >= 15 is 0 Å². The number of benzene rings is 1. The molecule has 5 rings (SSSR count). The monoisotopic (exact) mass is 478 g/mol. The maximum absolute atomic E-state index is 14.9. The number of hydrogen-bond donors (Lipinski definition) is 1. The van der Waals surface area contributed by atoms with E-state index in [1.165, 1.54) is 12.5 Å². The molecule has 2 aliphatic heterocycles. The second-order valence-electron chi connectivity index (χ2n) is 9.49. The highest BCUT2D eigenvalue weighted by Crippen LogP contribution is 2.35. The average Bonchev–Trinajstić information content (AvgIpc) is 2.89. The molecule has 7 heteroatoms. The molecule has 0 saturated carbocycles. The van der Waals surface area contributed by atoms with E-state index in [0.717, 1.165) is 80.7 Å². The van der Waals surface area contributed by atoms with Crippen LogP contribution in [0.4, 0.5) is 14.6 Å². The number of nitrogens with zero attached hydrogens (tertiary/aromatic N) is 3. The molecule has 2 aromatic heterocycles. The summed E-state index contributed by atoms with van der Waals surface area (Å²) in [6.45, 7) is 6.00. The number of piperidine rings is 2. The Balaban J connectivity index is 1.38. The van der Waals surface area contributed by atoms with Crippen LogP contribution in [0.15, 0.2) is 42.5 Å². The van der Waals surface area contributed by atoms with Crippen molar-refractivity contribution < 1.29 is 13.5 Å². The van der Waals surface area contributed by atoms with Crippen LogP contribution in [0.3, 0.4) is 0 Å². The van der Waals surface area contributed by atoms with Gasteiger partial charge in [-0.3, -0.25) is 4.98 Å². The number of anilines is 1. The Morgan fingerprint density at radius 2 is 1.80 bits per heavy atom. The molecular weight excluding hydrogens is 446 g/mol. The topological polar surface area (TPSA) is 50.3 Å². The van der Waals surface area contributed by atoms with E-state index in [2.05, 4.69) is 10.2 Å². The number of rotatable bonds is 6. The Morgan fingerprint density at radius 1 is 1.00 bits per heavy atom. The highest BCUT2D eigenvalue weighted by atomic mass is 19.1. The molecule has 0 atom stereocenters. The van der Waals surface area contributed by atoms with E-state index in [1.54, 1.807) is 6.07 Å². The molecular formula is C28H32F2N4O. The molecule has 0 aliphatic carbocycles. The van der Waals surface area contributed by atoms with Crippen molar-refractivity contribution >= 4 is 5.82 Å². The molecule has 0 radical (unpaired) electrons. The van der Waals surface area contributed by atoms with Crippen LogP contribution in [0, 0.1) is 18.6 Å². The summed E-state index contributed by atoms with van der Waals surface area (Å²) in [6.07, 6.45) is 5.62. The van der Waals surface area contributed by atoms with Crippen LogP contribution in [0.5, 0.6) is 5.75 Å². The molecule has 184 valence electrons. The lowest BCUT2D eigenvalue weighted by molar-refractivity contribution is 0.289. The standard InChI is InChI=1S/C28H32F2N4O/c1-19-21(8-9-25(32-19)20-10-12-31-13-11-20)18-35-28-23(16-22(29)17-24(28)30)26-6-5-7-27(33-26)34-14-3-2-4-15-34/h5-9,16-17,20,31H,2-4,10-15,18H2,1H3. The zero-order valence-electron chi connectivity index (χ0n) is 20.2. The fraction of sp³-hybridized carbons (Fsp3) is 0.429. The lowest BCUT2D eigenvalue weighted by Crippen LogP contribution is -2.30. The first-order valence-electron chi connectivity index (χ1n) is 12.6. The van der Waals surface area contributed by atoms with Gasteiger partial charge >= 0.3 is 0 Å². The molecule has 0 amide bonds. The van der Waals surface area contributed by atoms with Crippen molar-refractivity contribution in [2.24, 2.45) is 0 Å². The first-order valence-corrected chi connectivity index (χ1v) is 12.6. The summed E-state index contributed by atoms with van der Waals surface area (Å²) >= 11 is 0. The predicted octanol–water partition coefficient (Wildman–Crippen LogP) is 5.77. The molecule has 0 bridgehead atoms. The molecule has 4 heterocycles. The van der Waals surface area contributed by atoms with Gasteiger partial charge in [0.25, 0.3) is 0 Å². The molecule has 2 fully saturated rings. The van der Waals surface area contributed by atoms with Crippen molar-refractivity contribution in [2.45, 2.75) is 51.6 Å². The van der Waals surface area contributed by atoms with Crippen LogP contribution >= 0.6 is 0 Å². The predicted molar refractivity (Wildman–Crippen MR) is 134 cm³/mol. The first kappa shape index (κ1) is 23.7. The minimum Gasteiger partial charge on any atom is -0.485 e. The quantitative estimate of drug-likeness (QED) is 0.488. The molecule has 5 nitrogen and oxygen atoms in total. The molecule has 0 spiro atoms. The highest BCUT2D eigenvalue weighted by Gasteiger charge is 2.20. The zero-order chi connectivity index (χ0) is 24.2. The van der Waals surface area contributed by atoms with Gasteiger partial charge in [0.15, 0.2) is 11.6 Å². The van der Waals surface area contributed by atoms with Crippen molar-refractivity contribution in [3.8, 4) is 17.0 Å². The number of aryl methyl sites for hydroxylation is 1. The number of pyridine rings is 2. The SMILES string of the molecule is Cc1nc(C2CCNCC2)ccc1COc1c(F)cc(F)cc1-c1cccc(N2CCCCC2)n1. The zero-order valence-corrected chi connectivity index (χ0v) is 20.2. The Kier molecular flexibility index (Phi) is 7.23. The van der Waals surface area contributed by atoms with E-state index < -0.39 is 11.6 Å². The third kappa shape index (κ3) is 5.45. The van der Waals surface area contributed by atoms with Crippen molar-refractivity contribution in [1.82, 2.24) is 15.3 Å². The average molecular weight is 479 g/mol. The maximum Gasteiger partial charge on any atom is 0.168 e. The van der Waals surface area contributed by atoms with E-state index in [1.807, 2.05) is 31.2 Å². The second kappa shape index (κ2) is 10.7. The molecule has 1 N–H and O–H groups in total. The Hall–Kier alpha value is -3.06. The Bertz CT molecular complexity index is 1170. The number of halogens is 2. The molecule has 2 saturated heterocycles. The third-order valence-electron chi connectivity index (χ3n) is 7.05. The summed E-state index contributed by atoms with van der Waals surface area (Å²) in [7, 11) is 0. The smallest absolute Gasteiger partial charge is 0.168 e. The van der Waals surface area contributed by atoms with Crippen molar-refractivity contribution in [3.05, 3.63) is 71.1 Å². The van der Waals surface area contributed by atoms with Crippen LogP contribution in [-0.4, -0.2) is 36.1 Å². The number of hydrogen-bond acceptors (Lipinski definition) is 5. The summed E-state index contributed by atoms with van der Waals surface area (Å²) in [4.78, 5) is 11.8. The van der Waals surface area contributed by atoms with Gasteiger partial charge in [-0.05, 0) is 76.4 Å². The molecule has 3 aromatic rings. The lowest BCUT2D eigenvalue weighted by Gasteiger charge is -2.28. The molecule has 2 aliphatic rings. The summed E-state index contributed by atoms with van der Waals surface area (Å²) in [5, 5.41) is 3.38. The van der Waals surface area contributed by atoms with Gasteiger partial charge in [-0.15, -0.1) is 0 Å². The van der Waals surface area contributed by atoms with Crippen LogP contribution in [0.25, 0.3) is 11.3 Å². The second-order valence-corrected chi connectivity index (χ2v) is 9.49. The van der Waals surface area contributed by atoms with Gasteiger partial charge < -0.3 is 15.0 Å². The van der Waals surface area contributed by atoms with E-state index in [4.69, 9.17) is 14.7 Å². The Labute approximate surface area is 205 Å². The third-order valence-corrected chi connectivity index (χ3v) is 7.05. The Morgan fingerprint density at radius 3 is 2.57 bits per heavy atom. The lowest BCUT2D eigenvalue weighted by atomic mass is 9.93. The van der Waals surface area contributed by atoms with Crippen molar-refractivity contribution in [3.63, 3.8) is 0 Å². The minimum absolute atomic E-state index is 0.0107. The molecule has 0 unspecified atom stereocenters. The molecule has 1 aromatic carbocycles. The molecule has 35 heavy (non-hydrogen) atoms. The van der Waals surface area contributed by atoms with Gasteiger partial charge in [0, 0.05) is 47.6 Å². The largest absolute Gasteiger partial charge is 0.485 e. The van der Waals surface area contributed by atoms with Gasteiger partial charge in [0.05, 0.1) is 5.69 Å². The van der Waals surface area contributed by atoms with Gasteiger partial charge in [0.2, 0.25) is 0 Å². The summed E-state index contributed by atoms with van der Waals surface area (Å²) in [6, 6.07) is 11.8. The number of aromatic nitrogens is 2. The summed E-state index contributed by atoms with van der Waals surface area (Å²) in [5.74, 6) is -0.0893. The van der Waals surface area contributed by atoms with Crippen LogP contribution < -0.4 is 15.0 Å². The van der Waals surface area contributed by atoms with Gasteiger partial charge in [0.1, 0.15) is 18.2 Å². The van der Waals surface area contributed by atoms with Crippen LogP contribution in [0.1, 0.15) is 55.0 Å². The summed E-state index contributed by atoms with van der Waals surface area (Å²) in [5.41, 5.74) is 3.67. The van der Waals surface area contributed by atoms with E-state index in [9.17, 15) is 8.78 Å². The van der Waals surface area contributed by atoms with E-state index in [0.29, 0.717) is 17.2 Å². The van der Waals surface area contributed by atoms with Gasteiger partial charge in [-0.2, -0.15) is 0 Å². The van der Waals surface area contributed by atoms with Crippen LogP contribution in [-0.2, 0) is 6.61 Å². The number of ether oxygens (including phenoxy) is 1. The van der Waals surface area contributed by atoms with Gasteiger partial charge in [-0.1, -0.05) is 12.1 Å². The normalized spacial score (nSPS) is 16.9. The maximum atomic E-state index is 14.9. The van der Waals surface area contributed by atoms with Crippen molar-refractivity contribution in [1.29, 1.82) is 0 Å². The fourth-order valence-electron chi connectivity index (χ4n) is 5.03.